The molecule has 1 aromatic rings. The first-order chi connectivity index (χ1) is 10.8. The lowest BCUT2D eigenvalue weighted by molar-refractivity contribution is -0.143. The number of rotatable bonds is 5. The van der Waals surface area contributed by atoms with Gasteiger partial charge in [-0.15, -0.1) is 0 Å². The molecule has 0 unspecified atom stereocenters. The zero-order valence-corrected chi connectivity index (χ0v) is 13.9. The van der Waals surface area contributed by atoms with Crippen molar-refractivity contribution in [3.05, 3.63) is 40.4 Å². The van der Waals surface area contributed by atoms with Crippen molar-refractivity contribution >= 4 is 35.6 Å². The van der Waals surface area contributed by atoms with Crippen LogP contribution in [0.2, 0.25) is 5.02 Å². The zero-order valence-electron chi connectivity index (χ0n) is 13.2. The number of amides is 3. The van der Waals surface area contributed by atoms with Gasteiger partial charge in [-0.05, 0) is 44.0 Å². The molecule has 7 heteroatoms. The Morgan fingerprint density at radius 2 is 2.00 bits per heavy atom. The number of halogens is 1. The Hall–Kier alpha value is -2.34. The molecular weight excluding hydrogens is 320 g/mol. The van der Waals surface area contributed by atoms with Crippen molar-refractivity contribution in [3.63, 3.8) is 0 Å². The third kappa shape index (κ3) is 7.46. The summed E-state index contributed by atoms with van der Waals surface area (Å²) >= 11 is 5.98. The molecule has 3 amide bonds. The molecule has 0 atom stereocenters. The van der Waals surface area contributed by atoms with Crippen molar-refractivity contribution in [1.29, 1.82) is 0 Å². The second-order valence-corrected chi connectivity index (χ2v) is 5.53. The summed E-state index contributed by atoms with van der Waals surface area (Å²) in [5.41, 5.74) is 1.67. The highest BCUT2D eigenvalue weighted by molar-refractivity contribution is 6.31. The maximum Gasteiger partial charge on any atom is 0.331 e. The number of aryl methyl sites for hydroxylation is 1. The van der Waals surface area contributed by atoms with Crippen molar-refractivity contribution in [1.82, 2.24) is 10.6 Å². The molecule has 0 aliphatic heterocycles. The molecule has 1 aromatic carbocycles. The molecule has 0 aliphatic carbocycles. The van der Waals surface area contributed by atoms with Crippen LogP contribution in [0.5, 0.6) is 0 Å². The molecule has 0 aliphatic rings. The highest BCUT2D eigenvalue weighted by atomic mass is 35.5. The highest BCUT2D eigenvalue weighted by Crippen LogP contribution is 2.17. The van der Waals surface area contributed by atoms with Crippen LogP contribution in [0.15, 0.2) is 24.3 Å². The summed E-state index contributed by atoms with van der Waals surface area (Å²) in [6.07, 6.45) is 2.71. The molecular formula is C16H19ClN2O4. The zero-order chi connectivity index (χ0) is 17.4. The van der Waals surface area contributed by atoms with Gasteiger partial charge in [-0.2, -0.15) is 0 Å². The van der Waals surface area contributed by atoms with E-state index in [2.05, 4.69) is 5.32 Å². The Balaban J connectivity index is 2.41. The van der Waals surface area contributed by atoms with Crippen molar-refractivity contribution < 1.29 is 19.1 Å². The number of benzene rings is 1. The van der Waals surface area contributed by atoms with Gasteiger partial charge in [0.2, 0.25) is 0 Å². The van der Waals surface area contributed by atoms with E-state index in [9.17, 15) is 14.4 Å². The van der Waals surface area contributed by atoms with E-state index in [-0.39, 0.29) is 6.04 Å². The predicted octanol–water partition coefficient (Wildman–Crippen LogP) is 2.44. The lowest BCUT2D eigenvalue weighted by atomic mass is 10.1. The number of carbonyl (C=O) groups is 3. The van der Waals surface area contributed by atoms with Gasteiger partial charge in [0.15, 0.2) is 6.61 Å². The average molecular weight is 339 g/mol. The molecule has 23 heavy (non-hydrogen) atoms. The van der Waals surface area contributed by atoms with Crippen LogP contribution in [0.25, 0.3) is 6.08 Å². The topological polar surface area (TPSA) is 84.5 Å². The van der Waals surface area contributed by atoms with E-state index in [1.54, 1.807) is 26.0 Å². The Morgan fingerprint density at radius 1 is 1.30 bits per heavy atom. The Kier molecular flexibility index (Phi) is 7.28. The molecule has 0 fully saturated rings. The minimum atomic E-state index is -0.705. The first-order valence-electron chi connectivity index (χ1n) is 6.99. The SMILES string of the molecule is Cc1ccc(/C=C/C(=O)OCC(=O)NC(=O)NC(C)C)cc1Cl. The summed E-state index contributed by atoms with van der Waals surface area (Å²) < 4.78 is 4.73. The molecule has 124 valence electrons. The Bertz CT molecular complexity index is 627. The maximum absolute atomic E-state index is 11.5. The van der Waals surface area contributed by atoms with E-state index in [0.29, 0.717) is 5.02 Å². The molecule has 0 bridgehead atoms. The van der Waals surface area contributed by atoms with Crippen LogP contribution >= 0.6 is 11.6 Å². The van der Waals surface area contributed by atoms with Crippen molar-refractivity contribution in [2.24, 2.45) is 0 Å². The largest absolute Gasteiger partial charge is 0.452 e. The minimum absolute atomic E-state index is 0.102. The summed E-state index contributed by atoms with van der Waals surface area (Å²) in [6.45, 7) is 4.85. The quantitative estimate of drug-likeness (QED) is 0.638. The number of esters is 1. The van der Waals surface area contributed by atoms with Crippen LogP contribution in [0.4, 0.5) is 4.79 Å². The van der Waals surface area contributed by atoms with Crippen LogP contribution in [0.1, 0.15) is 25.0 Å². The average Bonchev–Trinajstić information content (AvgIpc) is 2.45. The summed E-state index contributed by atoms with van der Waals surface area (Å²) in [7, 11) is 0. The number of hydrogen-bond donors (Lipinski definition) is 2. The number of hydrogen-bond acceptors (Lipinski definition) is 4. The van der Waals surface area contributed by atoms with Gasteiger partial charge in [0, 0.05) is 17.1 Å². The molecule has 0 saturated heterocycles. The lowest BCUT2D eigenvalue weighted by Crippen LogP contribution is -2.43. The van der Waals surface area contributed by atoms with Gasteiger partial charge in [0.25, 0.3) is 5.91 Å². The summed E-state index contributed by atoms with van der Waals surface area (Å²) in [5, 5.41) is 5.12. The molecule has 0 saturated carbocycles. The fourth-order valence-electron chi connectivity index (χ4n) is 1.52. The Morgan fingerprint density at radius 3 is 2.61 bits per heavy atom. The number of nitrogens with one attached hydrogen (secondary N) is 2. The molecule has 1 rings (SSSR count). The normalized spacial score (nSPS) is 10.7. The minimum Gasteiger partial charge on any atom is -0.452 e. The van der Waals surface area contributed by atoms with Gasteiger partial charge < -0.3 is 10.1 Å². The van der Waals surface area contributed by atoms with Crippen LogP contribution in [-0.2, 0) is 14.3 Å². The third-order valence-corrected chi connectivity index (χ3v) is 3.03. The monoisotopic (exact) mass is 338 g/mol. The number of imide groups is 1. The standard InChI is InChI=1S/C16H19ClN2O4/c1-10(2)18-16(22)19-14(20)9-23-15(21)7-6-12-5-4-11(3)13(17)8-12/h4-8,10H,9H2,1-3H3,(H2,18,19,20,22)/b7-6+. The second-order valence-electron chi connectivity index (χ2n) is 5.13. The molecule has 6 nitrogen and oxygen atoms in total. The molecule has 0 aromatic heterocycles. The molecule has 2 N–H and O–H groups in total. The first kappa shape index (κ1) is 18.7. The van der Waals surface area contributed by atoms with E-state index in [4.69, 9.17) is 16.3 Å². The molecule has 0 heterocycles. The molecule has 0 radical (unpaired) electrons. The fourth-order valence-corrected chi connectivity index (χ4v) is 1.71. The van der Waals surface area contributed by atoms with Gasteiger partial charge in [-0.25, -0.2) is 9.59 Å². The number of carbonyl (C=O) groups excluding carboxylic acids is 3. The van der Waals surface area contributed by atoms with Crippen molar-refractivity contribution in [3.8, 4) is 0 Å². The van der Waals surface area contributed by atoms with E-state index in [1.807, 2.05) is 18.3 Å². The maximum atomic E-state index is 11.5. The van der Waals surface area contributed by atoms with Gasteiger partial charge >= 0.3 is 12.0 Å². The van der Waals surface area contributed by atoms with Crippen molar-refractivity contribution in [2.75, 3.05) is 6.61 Å². The van der Waals surface area contributed by atoms with E-state index in [0.717, 1.165) is 11.1 Å². The second kappa shape index (κ2) is 8.95. The summed E-state index contributed by atoms with van der Waals surface area (Å²) in [5.74, 6) is -1.40. The van der Waals surface area contributed by atoms with Crippen molar-refractivity contribution in [2.45, 2.75) is 26.8 Å². The lowest BCUT2D eigenvalue weighted by Gasteiger charge is -2.08. The first-order valence-corrected chi connectivity index (χ1v) is 7.37. The van der Waals surface area contributed by atoms with Crippen LogP contribution in [-0.4, -0.2) is 30.6 Å². The van der Waals surface area contributed by atoms with E-state index < -0.39 is 24.5 Å². The Labute approximate surface area is 139 Å². The van der Waals surface area contributed by atoms with Crippen LogP contribution < -0.4 is 10.6 Å². The third-order valence-electron chi connectivity index (χ3n) is 2.63. The summed E-state index contributed by atoms with van der Waals surface area (Å²) in [6, 6.07) is 4.60. The van der Waals surface area contributed by atoms with E-state index in [1.165, 1.54) is 12.2 Å². The van der Waals surface area contributed by atoms with Gasteiger partial charge in [-0.1, -0.05) is 23.7 Å². The van der Waals surface area contributed by atoms with E-state index >= 15 is 0 Å². The smallest absolute Gasteiger partial charge is 0.331 e. The molecule has 0 spiro atoms. The van der Waals surface area contributed by atoms with Gasteiger partial charge in [-0.3, -0.25) is 10.1 Å². The number of urea groups is 1. The summed E-state index contributed by atoms with van der Waals surface area (Å²) in [4.78, 5) is 34.2. The predicted molar refractivity (Wildman–Crippen MR) is 88.0 cm³/mol. The van der Waals surface area contributed by atoms with Gasteiger partial charge in [0.1, 0.15) is 0 Å². The van der Waals surface area contributed by atoms with Crippen LogP contribution in [0.3, 0.4) is 0 Å². The van der Waals surface area contributed by atoms with Crippen LogP contribution in [0, 0.1) is 6.92 Å². The highest BCUT2D eigenvalue weighted by Gasteiger charge is 2.10. The number of ether oxygens (including phenoxy) is 1. The fraction of sp³-hybridized carbons (Fsp3) is 0.312. The van der Waals surface area contributed by atoms with Gasteiger partial charge in [0.05, 0.1) is 0 Å².